The molecule has 2 aliphatic rings. The van der Waals surface area contributed by atoms with Crippen molar-refractivity contribution in [1.82, 2.24) is 24.7 Å². The van der Waals surface area contributed by atoms with E-state index in [0.717, 1.165) is 32.7 Å². The van der Waals surface area contributed by atoms with Crippen LogP contribution in [0.4, 0.5) is 14.5 Å². The minimum Gasteiger partial charge on any atom is -0.494 e. The number of carbonyl (C=O) groups excluding carboxylic acids is 2. The molecule has 3 aromatic rings. The fraction of sp³-hybridized carbons (Fsp3) is 0.393. The van der Waals surface area contributed by atoms with Crippen LogP contribution in [0.25, 0.3) is 11.3 Å². The number of piperazine rings is 1. The number of imidazole rings is 1. The second-order valence-electron chi connectivity index (χ2n) is 10.1. The molecule has 0 spiro atoms. The highest BCUT2D eigenvalue weighted by molar-refractivity contribution is 6.34. The maximum absolute atomic E-state index is 14.6. The van der Waals surface area contributed by atoms with Crippen LogP contribution >= 0.6 is 11.6 Å². The summed E-state index contributed by atoms with van der Waals surface area (Å²) in [5.74, 6) is -2.52. The zero-order valence-corrected chi connectivity index (χ0v) is 23.1. The summed E-state index contributed by atoms with van der Waals surface area (Å²) in [5, 5.41) is 6.32. The number of rotatable bonds is 7. The van der Waals surface area contributed by atoms with Crippen LogP contribution in [0.2, 0.25) is 5.02 Å². The standard InChI is InChI=1S/C28H31ClF2N6O3/c1-35-22(20-5-6-23(40-2)25(31)24(20)30)15-33-26(35)27(38)34-18-3-4-19(21(29)13-18)28(39)37-11-9-36(10-12-37)16-17-7-8-32-14-17/h3-6,13,15,17,32H,7-12,14,16H2,1-2H3,(H,34,38). The molecule has 9 nitrogen and oxygen atoms in total. The van der Waals surface area contributed by atoms with Gasteiger partial charge in [-0.05, 0) is 55.8 Å². The molecule has 2 fully saturated rings. The Bertz CT molecular complexity index is 1420. The summed E-state index contributed by atoms with van der Waals surface area (Å²) in [6.07, 6.45) is 2.48. The number of hydrogen-bond acceptors (Lipinski definition) is 6. The first-order chi connectivity index (χ1) is 19.3. The van der Waals surface area contributed by atoms with Gasteiger partial charge in [-0.1, -0.05) is 11.6 Å². The molecule has 0 bridgehead atoms. The highest BCUT2D eigenvalue weighted by atomic mass is 35.5. The van der Waals surface area contributed by atoms with E-state index >= 15 is 0 Å². The van der Waals surface area contributed by atoms with Crippen LogP contribution in [0.1, 0.15) is 27.4 Å². The number of aromatic nitrogens is 2. The molecule has 0 saturated carbocycles. The lowest BCUT2D eigenvalue weighted by atomic mass is 10.1. The van der Waals surface area contributed by atoms with Crippen molar-refractivity contribution in [3.8, 4) is 17.0 Å². The number of benzene rings is 2. The molecule has 1 unspecified atom stereocenters. The van der Waals surface area contributed by atoms with Gasteiger partial charge >= 0.3 is 0 Å². The minimum atomic E-state index is -1.13. The molecule has 2 amide bonds. The van der Waals surface area contributed by atoms with Gasteiger partial charge in [-0.3, -0.25) is 14.5 Å². The van der Waals surface area contributed by atoms with E-state index in [-0.39, 0.29) is 33.8 Å². The summed E-state index contributed by atoms with van der Waals surface area (Å²) in [5.41, 5.74) is 0.884. The number of anilines is 1. The predicted molar refractivity (Wildman–Crippen MR) is 148 cm³/mol. The first kappa shape index (κ1) is 28.0. The largest absolute Gasteiger partial charge is 0.494 e. The van der Waals surface area contributed by atoms with Crippen LogP contribution in [0.3, 0.4) is 0 Å². The molecule has 0 aliphatic carbocycles. The van der Waals surface area contributed by atoms with Crippen molar-refractivity contribution < 1.29 is 23.1 Å². The second-order valence-corrected chi connectivity index (χ2v) is 10.5. The number of carbonyl (C=O) groups is 2. The topological polar surface area (TPSA) is 91.7 Å². The van der Waals surface area contributed by atoms with Crippen LogP contribution in [-0.2, 0) is 7.05 Å². The molecule has 1 atom stereocenters. The van der Waals surface area contributed by atoms with E-state index in [9.17, 15) is 18.4 Å². The van der Waals surface area contributed by atoms with Crippen molar-refractivity contribution in [3.05, 3.63) is 64.6 Å². The minimum absolute atomic E-state index is 0.0202. The third-order valence-corrected chi connectivity index (χ3v) is 7.84. The molecule has 40 heavy (non-hydrogen) atoms. The van der Waals surface area contributed by atoms with E-state index < -0.39 is 17.5 Å². The molecule has 212 valence electrons. The quantitative estimate of drug-likeness (QED) is 0.449. The normalized spacial score (nSPS) is 17.7. The lowest BCUT2D eigenvalue weighted by molar-refractivity contribution is 0.0620. The Kier molecular flexibility index (Phi) is 8.34. The SMILES string of the molecule is COc1ccc(-c2cnc(C(=O)Nc3ccc(C(=O)N4CCN(CC5CCNC5)CC4)c(Cl)c3)n2C)c(F)c1F. The van der Waals surface area contributed by atoms with Gasteiger partial charge in [0.15, 0.2) is 17.4 Å². The van der Waals surface area contributed by atoms with Gasteiger partial charge in [-0.2, -0.15) is 4.39 Å². The fourth-order valence-electron chi connectivity index (χ4n) is 5.25. The third-order valence-electron chi connectivity index (χ3n) is 7.53. The molecule has 12 heteroatoms. The van der Waals surface area contributed by atoms with Crippen molar-refractivity contribution >= 4 is 29.1 Å². The van der Waals surface area contributed by atoms with Crippen LogP contribution < -0.4 is 15.4 Å². The molecule has 3 heterocycles. The zero-order valence-electron chi connectivity index (χ0n) is 22.3. The molecule has 0 radical (unpaired) electrons. The molecular weight excluding hydrogens is 542 g/mol. The number of amides is 2. The summed E-state index contributed by atoms with van der Waals surface area (Å²) < 4.78 is 35.0. The Balaban J connectivity index is 1.23. The Labute approximate surface area is 236 Å². The number of hydrogen-bond donors (Lipinski definition) is 2. The number of ether oxygens (including phenoxy) is 1. The molecule has 5 rings (SSSR count). The smallest absolute Gasteiger partial charge is 0.291 e. The van der Waals surface area contributed by atoms with Crippen molar-refractivity contribution in [2.75, 3.05) is 58.2 Å². The Morgan fingerprint density at radius 3 is 2.60 bits per heavy atom. The molecule has 2 aromatic carbocycles. The highest BCUT2D eigenvalue weighted by Crippen LogP contribution is 2.30. The van der Waals surface area contributed by atoms with Crippen molar-refractivity contribution in [2.45, 2.75) is 6.42 Å². The van der Waals surface area contributed by atoms with E-state index in [0.29, 0.717) is 30.3 Å². The van der Waals surface area contributed by atoms with Crippen molar-refractivity contribution in [3.63, 3.8) is 0 Å². The summed E-state index contributed by atoms with van der Waals surface area (Å²) in [7, 11) is 2.77. The van der Waals surface area contributed by atoms with E-state index in [2.05, 4.69) is 20.5 Å². The summed E-state index contributed by atoms with van der Waals surface area (Å²) in [4.78, 5) is 34.4. The van der Waals surface area contributed by atoms with Crippen LogP contribution in [-0.4, -0.2) is 84.1 Å². The van der Waals surface area contributed by atoms with E-state index in [4.69, 9.17) is 16.3 Å². The lowest BCUT2D eigenvalue weighted by Gasteiger charge is -2.36. The van der Waals surface area contributed by atoms with Crippen LogP contribution in [0.15, 0.2) is 36.5 Å². The summed E-state index contributed by atoms with van der Waals surface area (Å²) >= 11 is 6.46. The maximum Gasteiger partial charge on any atom is 0.291 e. The summed E-state index contributed by atoms with van der Waals surface area (Å²) in [6, 6.07) is 7.37. The Hall–Kier alpha value is -3.54. The van der Waals surface area contributed by atoms with Gasteiger partial charge in [-0.15, -0.1) is 0 Å². The van der Waals surface area contributed by atoms with Crippen LogP contribution in [0.5, 0.6) is 5.75 Å². The van der Waals surface area contributed by atoms with Gasteiger partial charge in [0.2, 0.25) is 5.82 Å². The predicted octanol–water partition coefficient (Wildman–Crippen LogP) is 3.65. The molecule has 2 aliphatic heterocycles. The lowest BCUT2D eigenvalue weighted by Crippen LogP contribution is -2.50. The van der Waals surface area contributed by atoms with Crippen molar-refractivity contribution in [2.24, 2.45) is 13.0 Å². The average molecular weight is 573 g/mol. The van der Waals surface area contributed by atoms with Gasteiger partial charge in [0, 0.05) is 51.0 Å². The van der Waals surface area contributed by atoms with E-state index in [1.54, 1.807) is 17.0 Å². The molecule has 1 aromatic heterocycles. The van der Waals surface area contributed by atoms with Gasteiger partial charge in [0.25, 0.3) is 11.8 Å². The van der Waals surface area contributed by atoms with Gasteiger partial charge in [0.05, 0.1) is 29.6 Å². The zero-order chi connectivity index (χ0) is 28.4. The first-order valence-corrected chi connectivity index (χ1v) is 13.5. The molecule has 2 N–H and O–H groups in total. The van der Waals surface area contributed by atoms with E-state index in [1.807, 2.05) is 0 Å². The highest BCUT2D eigenvalue weighted by Gasteiger charge is 2.26. The van der Waals surface area contributed by atoms with Gasteiger partial charge in [0.1, 0.15) is 0 Å². The van der Waals surface area contributed by atoms with Crippen LogP contribution in [0, 0.1) is 17.6 Å². The number of halogens is 3. The Morgan fingerprint density at radius 2 is 1.93 bits per heavy atom. The first-order valence-electron chi connectivity index (χ1n) is 13.1. The monoisotopic (exact) mass is 572 g/mol. The van der Waals surface area contributed by atoms with Gasteiger partial charge < -0.3 is 24.8 Å². The number of methoxy groups -OCH3 is 1. The second kappa shape index (κ2) is 11.9. The van der Waals surface area contributed by atoms with E-state index in [1.165, 1.54) is 49.5 Å². The fourth-order valence-corrected chi connectivity index (χ4v) is 5.51. The average Bonchev–Trinajstić information content (AvgIpc) is 3.60. The third kappa shape index (κ3) is 5.67. The number of nitrogens with one attached hydrogen (secondary N) is 2. The van der Waals surface area contributed by atoms with Gasteiger partial charge in [-0.25, -0.2) is 9.37 Å². The molecule has 2 saturated heterocycles. The number of nitrogens with zero attached hydrogens (tertiary/aromatic N) is 4. The summed E-state index contributed by atoms with van der Waals surface area (Å²) in [6.45, 7) is 6.10. The Morgan fingerprint density at radius 1 is 1.15 bits per heavy atom. The maximum atomic E-state index is 14.6. The molecular formula is C28H31ClF2N6O3. The van der Waals surface area contributed by atoms with Crippen molar-refractivity contribution in [1.29, 1.82) is 0 Å².